The molecule has 34 heavy (non-hydrogen) atoms. The SMILES string of the molecule is CC(CCNC(=O)OCC1c2ccccc2-c2ccccc21)CCC(=O)NCC(F)(F)C(=O)O. The molecule has 0 fully saturated rings. The summed E-state index contributed by atoms with van der Waals surface area (Å²) in [5.41, 5.74) is 4.56. The zero-order valence-corrected chi connectivity index (χ0v) is 18.9. The third kappa shape index (κ3) is 6.30. The van der Waals surface area contributed by atoms with Gasteiger partial charge in [0.05, 0.1) is 6.54 Å². The van der Waals surface area contributed by atoms with Gasteiger partial charge < -0.3 is 20.5 Å². The molecule has 182 valence electrons. The van der Waals surface area contributed by atoms with Crippen LogP contribution >= 0.6 is 0 Å². The standard InChI is InChI=1S/C25H28F2N2O5/c1-16(10-11-22(30)29-15-25(26,27)23(31)32)12-13-28-24(33)34-14-21-19-8-4-2-6-17(19)18-7-3-5-9-20(18)21/h2-9,16,21H,10-15H2,1H3,(H,28,33)(H,29,30)(H,31,32). The Morgan fingerprint density at radius 1 is 1.00 bits per heavy atom. The third-order valence-corrected chi connectivity index (χ3v) is 5.93. The number of alkyl halides is 2. The summed E-state index contributed by atoms with van der Waals surface area (Å²) in [4.78, 5) is 34.2. The number of carbonyl (C=O) groups excluding carboxylic acids is 2. The first-order valence-corrected chi connectivity index (χ1v) is 11.2. The fraction of sp³-hybridized carbons (Fsp3) is 0.400. The van der Waals surface area contributed by atoms with Crippen molar-refractivity contribution >= 4 is 18.0 Å². The number of carboxylic acid groups (broad SMARTS) is 1. The lowest BCUT2D eigenvalue weighted by Gasteiger charge is -2.16. The molecule has 1 aliphatic carbocycles. The van der Waals surface area contributed by atoms with E-state index in [0.717, 1.165) is 22.3 Å². The van der Waals surface area contributed by atoms with Crippen LogP contribution in [0.25, 0.3) is 11.1 Å². The largest absolute Gasteiger partial charge is 0.477 e. The number of rotatable bonds is 11. The Morgan fingerprint density at radius 2 is 1.59 bits per heavy atom. The van der Waals surface area contributed by atoms with Gasteiger partial charge in [-0.2, -0.15) is 8.78 Å². The van der Waals surface area contributed by atoms with E-state index in [1.165, 1.54) is 0 Å². The van der Waals surface area contributed by atoms with Crippen molar-refractivity contribution < 1.29 is 33.0 Å². The average Bonchev–Trinajstić information content (AvgIpc) is 3.14. The Balaban J connectivity index is 1.36. The minimum atomic E-state index is -3.99. The molecule has 1 aliphatic rings. The number of hydrogen-bond donors (Lipinski definition) is 3. The van der Waals surface area contributed by atoms with Crippen LogP contribution in [0.15, 0.2) is 48.5 Å². The molecule has 7 nitrogen and oxygen atoms in total. The number of nitrogens with one attached hydrogen (secondary N) is 2. The fourth-order valence-corrected chi connectivity index (χ4v) is 3.97. The number of halogens is 2. The van der Waals surface area contributed by atoms with Gasteiger partial charge in [0.2, 0.25) is 5.91 Å². The second kappa shape index (κ2) is 11.1. The molecule has 0 spiro atoms. The quantitative estimate of drug-likeness (QED) is 0.454. The van der Waals surface area contributed by atoms with Crippen molar-refractivity contribution in [3.05, 3.63) is 59.7 Å². The van der Waals surface area contributed by atoms with Crippen LogP contribution in [0.4, 0.5) is 13.6 Å². The van der Waals surface area contributed by atoms with Gasteiger partial charge in [0, 0.05) is 18.9 Å². The van der Waals surface area contributed by atoms with Gasteiger partial charge in [-0.1, -0.05) is 55.5 Å². The first-order valence-electron chi connectivity index (χ1n) is 11.2. The maximum Gasteiger partial charge on any atom is 0.407 e. The predicted octanol–water partition coefficient (Wildman–Crippen LogP) is 4.17. The van der Waals surface area contributed by atoms with Gasteiger partial charge in [-0.25, -0.2) is 9.59 Å². The van der Waals surface area contributed by atoms with Crippen molar-refractivity contribution in [2.75, 3.05) is 19.7 Å². The smallest absolute Gasteiger partial charge is 0.407 e. The van der Waals surface area contributed by atoms with Crippen LogP contribution in [-0.2, 0) is 14.3 Å². The highest BCUT2D eigenvalue weighted by atomic mass is 19.3. The Bertz CT molecular complexity index is 998. The highest BCUT2D eigenvalue weighted by Gasteiger charge is 2.39. The maximum atomic E-state index is 13.0. The number of benzene rings is 2. The van der Waals surface area contributed by atoms with Crippen molar-refractivity contribution in [3.8, 4) is 11.1 Å². The van der Waals surface area contributed by atoms with Gasteiger partial charge >= 0.3 is 18.0 Å². The number of fused-ring (bicyclic) bond motifs is 3. The molecule has 0 aliphatic heterocycles. The first-order chi connectivity index (χ1) is 16.2. The van der Waals surface area contributed by atoms with E-state index >= 15 is 0 Å². The van der Waals surface area contributed by atoms with Crippen molar-refractivity contribution in [1.82, 2.24) is 10.6 Å². The summed E-state index contributed by atoms with van der Waals surface area (Å²) < 4.78 is 31.4. The summed E-state index contributed by atoms with van der Waals surface area (Å²) in [6.07, 6.45) is 0.448. The van der Waals surface area contributed by atoms with Crippen molar-refractivity contribution in [2.45, 2.75) is 38.0 Å². The molecule has 2 aromatic carbocycles. The van der Waals surface area contributed by atoms with Gasteiger partial charge in [-0.05, 0) is 41.0 Å². The number of aliphatic carboxylic acids is 1. The lowest BCUT2D eigenvalue weighted by atomic mass is 9.98. The van der Waals surface area contributed by atoms with Crippen molar-refractivity contribution in [1.29, 1.82) is 0 Å². The molecular formula is C25H28F2N2O5. The molecule has 0 saturated heterocycles. The first kappa shape index (κ1) is 25.1. The van der Waals surface area contributed by atoms with Crippen LogP contribution < -0.4 is 10.6 Å². The van der Waals surface area contributed by atoms with Gasteiger partial charge in [0.1, 0.15) is 6.61 Å². The normalized spacial score (nSPS) is 13.5. The molecular weight excluding hydrogens is 446 g/mol. The zero-order chi connectivity index (χ0) is 24.7. The van der Waals surface area contributed by atoms with Gasteiger partial charge in [0.15, 0.2) is 0 Å². The number of ether oxygens (including phenoxy) is 1. The summed E-state index contributed by atoms with van der Waals surface area (Å²) in [6.45, 7) is 1.20. The van der Waals surface area contributed by atoms with Crippen LogP contribution in [0.1, 0.15) is 43.2 Å². The topological polar surface area (TPSA) is 105 Å². The fourth-order valence-electron chi connectivity index (χ4n) is 3.97. The minimum absolute atomic E-state index is 0.0121. The second-order valence-electron chi connectivity index (χ2n) is 8.47. The zero-order valence-electron chi connectivity index (χ0n) is 18.9. The Labute approximate surface area is 196 Å². The van der Waals surface area contributed by atoms with E-state index in [-0.39, 0.29) is 24.9 Å². The molecule has 2 aromatic rings. The van der Waals surface area contributed by atoms with E-state index in [0.29, 0.717) is 19.4 Å². The van der Waals surface area contributed by atoms with E-state index in [1.54, 1.807) is 0 Å². The van der Waals surface area contributed by atoms with E-state index in [4.69, 9.17) is 9.84 Å². The Kier molecular flexibility index (Phi) is 8.20. The summed E-state index contributed by atoms with van der Waals surface area (Å²) in [7, 11) is 0. The highest BCUT2D eigenvalue weighted by Crippen LogP contribution is 2.44. The number of hydrogen-bond acceptors (Lipinski definition) is 4. The Hall–Kier alpha value is -3.49. The summed E-state index contributed by atoms with van der Waals surface area (Å²) >= 11 is 0. The van der Waals surface area contributed by atoms with E-state index in [9.17, 15) is 23.2 Å². The van der Waals surface area contributed by atoms with Crippen molar-refractivity contribution in [3.63, 3.8) is 0 Å². The average molecular weight is 475 g/mol. The van der Waals surface area contributed by atoms with Gasteiger partial charge in [-0.15, -0.1) is 0 Å². The van der Waals surface area contributed by atoms with E-state index in [1.807, 2.05) is 48.6 Å². The van der Waals surface area contributed by atoms with E-state index in [2.05, 4.69) is 17.4 Å². The number of carboxylic acids is 1. The van der Waals surface area contributed by atoms with Crippen molar-refractivity contribution in [2.24, 2.45) is 5.92 Å². The molecule has 0 heterocycles. The van der Waals surface area contributed by atoms with Crippen LogP contribution in [0.3, 0.4) is 0 Å². The highest BCUT2D eigenvalue weighted by molar-refractivity contribution is 5.80. The van der Waals surface area contributed by atoms with Gasteiger partial charge in [-0.3, -0.25) is 4.79 Å². The molecule has 0 radical (unpaired) electrons. The molecule has 3 N–H and O–H groups in total. The predicted molar refractivity (Wildman–Crippen MR) is 122 cm³/mol. The molecule has 1 atom stereocenters. The molecule has 9 heteroatoms. The van der Waals surface area contributed by atoms with Gasteiger partial charge in [0.25, 0.3) is 0 Å². The van der Waals surface area contributed by atoms with Crippen LogP contribution in [0, 0.1) is 5.92 Å². The lowest BCUT2D eigenvalue weighted by molar-refractivity contribution is -0.164. The number of carbonyl (C=O) groups is 3. The monoisotopic (exact) mass is 474 g/mol. The summed E-state index contributed by atoms with van der Waals surface area (Å²) in [5.74, 6) is -6.89. The van der Waals surface area contributed by atoms with Crippen LogP contribution in [-0.4, -0.2) is 48.7 Å². The third-order valence-electron chi connectivity index (χ3n) is 5.93. The minimum Gasteiger partial charge on any atom is -0.477 e. The summed E-state index contributed by atoms with van der Waals surface area (Å²) in [5, 5.41) is 13.0. The molecule has 0 bridgehead atoms. The molecule has 0 saturated carbocycles. The molecule has 2 amide bonds. The van der Waals surface area contributed by atoms with Crippen LogP contribution in [0.2, 0.25) is 0 Å². The number of alkyl carbamates (subject to hydrolysis) is 1. The molecule has 3 rings (SSSR count). The second-order valence-corrected chi connectivity index (χ2v) is 8.47. The number of amides is 2. The lowest BCUT2D eigenvalue weighted by Crippen LogP contribution is -2.42. The summed E-state index contributed by atoms with van der Waals surface area (Å²) in [6, 6.07) is 16.1. The van der Waals surface area contributed by atoms with E-state index < -0.39 is 30.4 Å². The Morgan fingerprint density at radius 3 is 2.18 bits per heavy atom. The molecule has 0 aromatic heterocycles. The maximum absolute atomic E-state index is 13.0. The molecule has 1 unspecified atom stereocenters. The van der Waals surface area contributed by atoms with Crippen LogP contribution in [0.5, 0.6) is 0 Å².